The Bertz CT molecular complexity index is 1390. The molecule has 0 bridgehead atoms. The standard InChI is InChI=1S/C22H22F2N8O2/c1-10-16(30-31-32(10)2)12-5-4-6-13(18(12)34-3)25-14-9-15(27-22(33)11-7-8-11)26-20-17(14)28-21(29-20)19(23)24/h4-6,9,11,19H,7-8H2,1-3H3,(H3,25,26,27,28,29,33). The minimum atomic E-state index is -2.80. The van der Waals surface area contributed by atoms with Gasteiger partial charge in [0.15, 0.2) is 17.2 Å². The van der Waals surface area contributed by atoms with Crippen LogP contribution in [0, 0.1) is 12.8 Å². The van der Waals surface area contributed by atoms with Crippen molar-refractivity contribution in [2.45, 2.75) is 26.2 Å². The number of imidazole rings is 1. The summed E-state index contributed by atoms with van der Waals surface area (Å²) >= 11 is 0. The summed E-state index contributed by atoms with van der Waals surface area (Å²) in [6.07, 6.45) is -1.16. The Hall–Kier alpha value is -4.09. The number of methoxy groups -OCH3 is 1. The number of ether oxygens (including phenoxy) is 1. The quantitative estimate of drug-likeness (QED) is 0.373. The van der Waals surface area contributed by atoms with Crippen LogP contribution in [0.4, 0.5) is 26.0 Å². The van der Waals surface area contributed by atoms with E-state index in [9.17, 15) is 13.6 Å². The first-order valence-corrected chi connectivity index (χ1v) is 10.7. The van der Waals surface area contributed by atoms with Crippen LogP contribution in [0.1, 0.15) is 30.8 Å². The third-order valence-electron chi connectivity index (χ3n) is 5.74. The van der Waals surface area contributed by atoms with Crippen molar-refractivity contribution >= 4 is 34.3 Å². The minimum absolute atomic E-state index is 0.0447. The number of benzene rings is 1. The number of rotatable bonds is 7. The van der Waals surface area contributed by atoms with E-state index in [0.717, 1.165) is 18.5 Å². The van der Waals surface area contributed by atoms with Crippen molar-refractivity contribution in [3.05, 3.63) is 35.8 Å². The van der Waals surface area contributed by atoms with Crippen molar-refractivity contribution < 1.29 is 18.3 Å². The lowest BCUT2D eigenvalue weighted by Crippen LogP contribution is -2.14. The molecule has 3 aromatic heterocycles. The molecule has 0 saturated heterocycles. The van der Waals surface area contributed by atoms with Gasteiger partial charge in [-0.15, -0.1) is 5.10 Å². The predicted octanol–water partition coefficient (Wildman–Crippen LogP) is 4.10. The third kappa shape index (κ3) is 3.91. The molecule has 5 rings (SSSR count). The Kier molecular flexibility index (Phi) is 5.34. The van der Waals surface area contributed by atoms with Crippen molar-refractivity contribution in [1.29, 1.82) is 0 Å². The Morgan fingerprint density at radius 2 is 2.06 bits per heavy atom. The van der Waals surface area contributed by atoms with E-state index in [1.54, 1.807) is 23.9 Å². The van der Waals surface area contributed by atoms with Gasteiger partial charge in [-0.1, -0.05) is 11.3 Å². The molecule has 0 aliphatic heterocycles. The van der Waals surface area contributed by atoms with Crippen molar-refractivity contribution in [2.24, 2.45) is 13.0 Å². The number of alkyl halides is 2. The summed E-state index contributed by atoms with van der Waals surface area (Å²) < 4.78 is 34.0. The molecule has 0 unspecified atom stereocenters. The van der Waals surface area contributed by atoms with Crippen LogP contribution in [-0.2, 0) is 11.8 Å². The molecule has 1 fully saturated rings. The molecule has 3 N–H and O–H groups in total. The van der Waals surface area contributed by atoms with Crippen molar-refractivity contribution in [1.82, 2.24) is 29.9 Å². The van der Waals surface area contributed by atoms with Crippen LogP contribution in [0.25, 0.3) is 22.4 Å². The monoisotopic (exact) mass is 468 g/mol. The van der Waals surface area contributed by atoms with Crippen molar-refractivity contribution in [2.75, 3.05) is 17.7 Å². The third-order valence-corrected chi connectivity index (χ3v) is 5.74. The average molecular weight is 468 g/mol. The van der Waals surface area contributed by atoms with Gasteiger partial charge in [0.1, 0.15) is 17.0 Å². The molecule has 1 aliphatic rings. The highest BCUT2D eigenvalue weighted by molar-refractivity contribution is 5.97. The maximum absolute atomic E-state index is 13.3. The van der Waals surface area contributed by atoms with E-state index < -0.39 is 12.2 Å². The van der Waals surface area contributed by atoms with Gasteiger partial charge < -0.3 is 20.4 Å². The highest BCUT2D eigenvalue weighted by Crippen LogP contribution is 2.39. The number of carbonyl (C=O) groups excluding carboxylic acids is 1. The topological polar surface area (TPSA) is 123 Å². The van der Waals surface area contributed by atoms with Gasteiger partial charge in [0.05, 0.1) is 24.2 Å². The van der Waals surface area contributed by atoms with E-state index in [1.165, 1.54) is 7.11 Å². The van der Waals surface area contributed by atoms with Crippen LogP contribution in [0.15, 0.2) is 24.3 Å². The van der Waals surface area contributed by atoms with Crippen LogP contribution in [-0.4, -0.2) is 43.0 Å². The molecule has 0 radical (unpaired) electrons. The Balaban J connectivity index is 1.59. The number of hydrogen-bond donors (Lipinski definition) is 3. The van der Waals surface area contributed by atoms with Gasteiger partial charge in [0, 0.05) is 24.6 Å². The second-order valence-corrected chi connectivity index (χ2v) is 8.10. The first-order valence-electron chi connectivity index (χ1n) is 10.7. The summed E-state index contributed by atoms with van der Waals surface area (Å²) in [6.45, 7) is 1.90. The van der Waals surface area contributed by atoms with Gasteiger partial charge in [0.25, 0.3) is 6.43 Å². The lowest BCUT2D eigenvalue weighted by atomic mass is 10.1. The zero-order valence-corrected chi connectivity index (χ0v) is 18.7. The van der Waals surface area contributed by atoms with E-state index >= 15 is 0 Å². The summed E-state index contributed by atoms with van der Waals surface area (Å²) in [4.78, 5) is 23.1. The summed E-state index contributed by atoms with van der Waals surface area (Å²) in [7, 11) is 3.33. The number of nitrogens with zero attached hydrogens (tertiary/aromatic N) is 5. The molecule has 1 aromatic carbocycles. The lowest BCUT2D eigenvalue weighted by molar-refractivity contribution is -0.117. The van der Waals surface area contributed by atoms with E-state index in [2.05, 4.69) is 35.9 Å². The van der Waals surface area contributed by atoms with Crippen LogP contribution in [0.2, 0.25) is 0 Å². The lowest BCUT2D eigenvalue weighted by Gasteiger charge is -2.15. The number of aromatic nitrogens is 6. The van der Waals surface area contributed by atoms with Crippen molar-refractivity contribution in [3.63, 3.8) is 0 Å². The molecular formula is C22H22F2N8O2. The van der Waals surface area contributed by atoms with Crippen LogP contribution < -0.4 is 15.4 Å². The Morgan fingerprint density at radius 1 is 1.26 bits per heavy atom. The predicted molar refractivity (Wildman–Crippen MR) is 121 cm³/mol. The molecule has 1 saturated carbocycles. The van der Waals surface area contributed by atoms with E-state index in [-0.39, 0.29) is 28.8 Å². The second kappa shape index (κ2) is 8.36. The highest BCUT2D eigenvalue weighted by Gasteiger charge is 2.30. The summed E-state index contributed by atoms with van der Waals surface area (Å²) in [6, 6.07) is 7.04. The fourth-order valence-electron chi connectivity index (χ4n) is 3.69. The number of nitrogens with one attached hydrogen (secondary N) is 3. The van der Waals surface area contributed by atoms with Gasteiger partial charge in [0.2, 0.25) is 5.91 Å². The number of aryl methyl sites for hydroxylation is 1. The molecule has 12 heteroatoms. The van der Waals surface area contributed by atoms with Crippen molar-refractivity contribution in [3.8, 4) is 17.0 Å². The zero-order valence-electron chi connectivity index (χ0n) is 18.7. The van der Waals surface area contributed by atoms with Crippen LogP contribution >= 0.6 is 0 Å². The summed E-state index contributed by atoms with van der Waals surface area (Å²) in [5.74, 6) is 0.0105. The number of pyridine rings is 1. The fraction of sp³-hybridized carbons (Fsp3) is 0.318. The van der Waals surface area contributed by atoms with Crippen LogP contribution in [0.5, 0.6) is 5.75 Å². The number of carbonyl (C=O) groups is 1. The normalized spacial score (nSPS) is 13.5. The van der Waals surface area contributed by atoms with Gasteiger partial charge in [-0.2, -0.15) is 0 Å². The zero-order chi connectivity index (χ0) is 24.0. The number of aromatic amines is 1. The molecule has 176 valence electrons. The number of halogens is 2. The van der Waals surface area contributed by atoms with Gasteiger partial charge in [-0.3, -0.25) is 9.48 Å². The van der Waals surface area contributed by atoms with E-state index in [4.69, 9.17) is 4.74 Å². The molecule has 0 spiro atoms. The maximum atomic E-state index is 13.3. The number of hydrogen-bond acceptors (Lipinski definition) is 7. The number of anilines is 3. The van der Waals surface area contributed by atoms with Crippen LogP contribution in [0.3, 0.4) is 0 Å². The summed E-state index contributed by atoms with van der Waals surface area (Å²) in [5.41, 5.74) is 3.52. The second-order valence-electron chi connectivity index (χ2n) is 8.10. The molecule has 34 heavy (non-hydrogen) atoms. The molecule has 4 aromatic rings. The molecular weight excluding hydrogens is 446 g/mol. The fourth-order valence-corrected chi connectivity index (χ4v) is 3.69. The maximum Gasteiger partial charge on any atom is 0.295 e. The first-order chi connectivity index (χ1) is 16.4. The molecule has 10 nitrogen and oxygen atoms in total. The first kappa shape index (κ1) is 21.7. The number of para-hydroxylation sites is 1. The minimum Gasteiger partial charge on any atom is -0.494 e. The molecule has 1 amide bonds. The van der Waals surface area contributed by atoms with Gasteiger partial charge in [-0.25, -0.2) is 18.7 Å². The molecule has 0 atom stereocenters. The highest BCUT2D eigenvalue weighted by atomic mass is 19.3. The van der Waals surface area contributed by atoms with Gasteiger partial charge >= 0.3 is 0 Å². The summed E-state index contributed by atoms with van der Waals surface area (Å²) in [5, 5.41) is 14.3. The van der Waals surface area contributed by atoms with Gasteiger partial charge in [-0.05, 0) is 31.9 Å². The SMILES string of the molecule is COc1c(Nc2cc(NC(=O)C3CC3)nc3nc(C(F)F)[nH]c23)cccc1-c1nnn(C)c1C. The smallest absolute Gasteiger partial charge is 0.295 e. The Labute approximate surface area is 192 Å². The molecule has 3 heterocycles. The number of amides is 1. The largest absolute Gasteiger partial charge is 0.494 e. The van der Waals surface area contributed by atoms with E-state index in [0.29, 0.717) is 28.4 Å². The van der Waals surface area contributed by atoms with E-state index in [1.807, 2.05) is 19.1 Å². The number of H-pyrrole nitrogens is 1. The molecule has 1 aliphatic carbocycles. The average Bonchev–Trinajstić information content (AvgIpc) is 3.49. The number of fused-ring (bicyclic) bond motifs is 1. The Morgan fingerprint density at radius 3 is 2.71 bits per heavy atom.